The second-order valence-electron chi connectivity index (χ2n) is 7.42. The first-order chi connectivity index (χ1) is 12.2. The molecule has 4 heteroatoms. The van der Waals surface area contributed by atoms with Gasteiger partial charge in [-0.15, -0.1) is 0 Å². The third kappa shape index (κ3) is 5.41. The smallest absolute Gasteiger partial charge is 0.317 e. The SMILES string of the molecule is CC/C(=C\c1ccccc1)C1CC1N[C@H]1CC[C@@H](NCC(=O)O)CC1. The van der Waals surface area contributed by atoms with E-state index in [1.807, 2.05) is 0 Å². The van der Waals surface area contributed by atoms with E-state index in [1.54, 1.807) is 5.57 Å². The summed E-state index contributed by atoms with van der Waals surface area (Å²) < 4.78 is 0. The molecule has 25 heavy (non-hydrogen) atoms. The average molecular weight is 342 g/mol. The Kier molecular flexibility index (Phi) is 6.27. The Bertz CT molecular complexity index is 591. The first-order valence-corrected chi connectivity index (χ1v) is 9.62. The van der Waals surface area contributed by atoms with Crippen molar-refractivity contribution in [2.24, 2.45) is 5.92 Å². The van der Waals surface area contributed by atoms with Gasteiger partial charge in [0.2, 0.25) is 0 Å². The largest absolute Gasteiger partial charge is 0.480 e. The number of benzene rings is 1. The van der Waals surface area contributed by atoms with Crippen LogP contribution in [-0.4, -0.2) is 35.7 Å². The summed E-state index contributed by atoms with van der Waals surface area (Å²) >= 11 is 0. The monoisotopic (exact) mass is 342 g/mol. The maximum Gasteiger partial charge on any atom is 0.317 e. The minimum absolute atomic E-state index is 0.0810. The molecule has 0 spiro atoms. The lowest BCUT2D eigenvalue weighted by Gasteiger charge is -2.29. The highest BCUT2D eigenvalue weighted by Gasteiger charge is 2.40. The van der Waals surface area contributed by atoms with E-state index in [2.05, 4.69) is 54.0 Å². The zero-order valence-corrected chi connectivity index (χ0v) is 15.1. The molecule has 0 aromatic heterocycles. The molecule has 2 atom stereocenters. The van der Waals surface area contributed by atoms with Crippen molar-refractivity contribution in [2.75, 3.05) is 6.54 Å². The van der Waals surface area contributed by atoms with E-state index in [0.29, 0.717) is 24.0 Å². The van der Waals surface area contributed by atoms with E-state index in [0.717, 1.165) is 32.1 Å². The summed E-state index contributed by atoms with van der Waals surface area (Å²) in [6.07, 6.45) is 9.16. The Morgan fingerprint density at radius 3 is 2.48 bits per heavy atom. The predicted octanol–water partition coefficient (Wildman–Crippen LogP) is 3.44. The molecule has 2 unspecified atom stereocenters. The van der Waals surface area contributed by atoms with Gasteiger partial charge in [0.1, 0.15) is 0 Å². The summed E-state index contributed by atoms with van der Waals surface area (Å²) in [4.78, 5) is 10.6. The Labute approximate surface area is 150 Å². The molecule has 0 saturated heterocycles. The van der Waals surface area contributed by atoms with E-state index in [4.69, 9.17) is 5.11 Å². The Hall–Kier alpha value is -1.65. The Morgan fingerprint density at radius 2 is 1.84 bits per heavy atom. The normalized spacial score (nSPS) is 29.4. The second kappa shape index (κ2) is 8.63. The number of carboxylic acids is 1. The standard InChI is InChI=1S/C21H30N2O2/c1-2-16(12-15-6-4-3-5-7-15)19-13-20(19)23-18-10-8-17(9-11-18)22-14-21(24)25/h3-7,12,17-20,22-23H,2,8-11,13-14H2,1H3,(H,24,25)/b16-12+/t17-,18+,19?,20?. The molecule has 2 saturated carbocycles. The van der Waals surface area contributed by atoms with Gasteiger partial charge in [0.15, 0.2) is 0 Å². The highest BCUT2D eigenvalue weighted by Crippen LogP contribution is 2.40. The Morgan fingerprint density at radius 1 is 1.16 bits per heavy atom. The van der Waals surface area contributed by atoms with Crippen molar-refractivity contribution >= 4 is 12.0 Å². The summed E-state index contributed by atoms with van der Waals surface area (Å²) in [5.41, 5.74) is 2.86. The Balaban J connectivity index is 1.44. The van der Waals surface area contributed by atoms with E-state index in [9.17, 15) is 4.79 Å². The van der Waals surface area contributed by atoms with Crippen LogP contribution in [0, 0.1) is 5.92 Å². The van der Waals surface area contributed by atoms with Crippen LogP contribution in [0.5, 0.6) is 0 Å². The minimum Gasteiger partial charge on any atom is -0.480 e. The van der Waals surface area contributed by atoms with Gasteiger partial charge < -0.3 is 15.7 Å². The number of carboxylic acid groups (broad SMARTS) is 1. The lowest BCUT2D eigenvalue weighted by Crippen LogP contribution is -2.42. The third-order valence-corrected chi connectivity index (χ3v) is 5.55. The highest BCUT2D eigenvalue weighted by atomic mass is 16.4. The van der Waals surface area contributed by atoms with Crippen molar-refractivity contribution < 1.29 is 9.90 Å². The fourth-order valence-electron chi connectivity index (χ4n) is 4.02. The summed E-state index contributed by atoms with van der Waals surface area (Å²) in [7, 11) is 0. The zero-order chi connectivity index (χ0) is 17.6. The predicted molar refractivity (Wildman–Crippen MR) is 101 cm³/mol. The van der Waals surface area contributed by atoms with Gasteiger partial charge in [-0.05, 0) is 50.0 Å². The van der Waals surface area contributed by atoms with Gasteiger partial charge in [0.25, 0.3) is 0 Å². The number of hydrogen-bond donors (Lipinski definition) is 3. The zero-order valence-electron chi connectivity index (χ0n) is 15.1. The lowest BCUT2D eigenvalue weighted by atomic mass is 9.91. The fourth-order valence-corrected chi connectivity index (χ4v) is 4.02. The molecular weight excluding hydrogens is 312 g/mol. The first kappa shape index (κ1) is 18.2. The number of hydrogen-bond acceptors (Lipinski definition) is 3. The number of nitrogens with one attached hydrogen (secondary N) is 2. The molecule has 3 rings (SSSR count). The second-order valence-corrected chi connectivity index (χ2v) is 7.42. The maximum atomic E-state index is 10.6. The molecule has 1 aromatic carbocycles. The topological polar surface area (TPSA) is 61.4 Å². The van der Waals surface area contributed by atoms with Gasteiger partial charge in [-0.1, -0.05) is 48.9 Å². The molecule has 0 bridgehead atoms. The van der Waals surface area contributed by atoms with Crippen LogP contribution in [0.2, 0.25) is 0 Å². The summed E-state index contributed by atoms with van der Waals surface area (Å²) in [5, 5.41) is 15.7. The van der Waals surface area contributed by atoms with Crippen LogP contribution >= 0.6 is 0 Å². The van der Waals surface area contributed by atoms with Crippen LogP contribution in [0.3, 0.4) is 0 Å². The van der Waals surface area contributed by atoms with Crippen molar-refractivity contribution in [3.05, 3.63) is 41.5 Å². The van der Waals surface area contributed by atoms with E-state index < -0.39 is 5.97 Å². The first-order valence-electron chi connectivity index (χ1n) is 9.62. The molecule has 2 aliphatic rings. The molecule has 0 radical (unpaired) electrons. The maximum absolute atomic E-state index is 10.6. The van der Waals surface area contributed by atoms with Gasteiger partial charge >= 0.3 is 5.97 Å². The summed E-state index contributed by atoms with van der Waals surface area (Å²) in [6, 6.07) is 12.2. The fraction of sp³-hybridized carbons (Fsp3) is 0.571. The van der Waals surface area contributed by atoms with E-state index in [-0.39, 0.29) is 6.54 Å². The molecule has 0 amide bonds. The number of carbonyl (C=O) groups is 1. The van der Waals surface area contributed by atoms with Gasteiger partial charge in [0, 0.05) is 18.1 Å². The number of aliphatic carboxylic acids is 1. The van der Waals surface area contributed by atoms with Gasteiger partial charge in [-0.2, -0.15) is 0 Å². The lowest BCUT2D eigenvalue weighted by molar-refractivity contribution is -0.136. The van der Waals surface area contributed by atoms with Crippen LogP contribution in [0.25, 0.3) is 6.08 Å². The molecule has 0 heterocycles. The minimum atomic E-state index is -0.765. The molecule has 3 N–H and O–H groups in total. The van der Waals surface area contributed by atoms with Gasteiger partial charge in [-0.25, -0.2) is 0 Å². The summed E-state index contributed by atoms with van der Waals surface area (Å²) in [5.74, 6) is -0.0774. The molecule has 4 nitrogen and oxygen atoms in total. The molecule has 0 aliphatic heterocycles. The highest BCUT2D eigenvalue weighted by molar-refractivity contribution is 5.69. The molecule has 1 aromatic rings. The average Bonchev–Trinajstić information content (AvgIpc) is 3.39. The molecular formula is C21H30N2O2. The molecule has 2 fully saturated rings. The quantitative estimate of drug-likeness (QED) is 0.677. The molecule has 136 valence electrons. The van der Waals surface area contributed by atoms with Crippen LogP contribution in [0.15, 0.2) is 35.9 Å². The van der Waals surface area contributed by atoms with E-state index >= 15 is 0 Å². The van der Waals surface area contributed by atoms with Crippen molar-refractivity contribution in [3.8, 4) is 0 Å². The van der Waals surface area contributed by atoms with Crippen molar-refractivity contribution in [3.63, 3.8) is 0 Å². The van der Waals surface area contributed by atoms with Crippen molar-refractivity contribution in [1.82, 2.24) is 10.6 Å². The third-order valence-electron chi connectivity index (χ3n) is 5.55. The van der Waals surface area contributed by atoms with Gasteiger partial charge in [-0.3, -0.25) is 4.79 Å². The van der Waals surface area contributed by atoms with Crippen molar-refractivity contribution in [2.45, 2.75) is 63.6 Å². The van der Waals surface area contributed by atoms with E-state index in [1.165, 1.54) is 12.0 Å². The van der Waals surface area contributed by atoms with Gasteiger partial charge in [0.05, 0.1) is 6.54 Å². The van der Waals surface area contributed by atoms with Crippen LogP contribution in [-0.2, 0) is 4.79 Å². The van der Waals surface area contributed by atoms with Crippen LogP contribution in [0.4, 0.5) is 0 Å². The summed E-state index contributed by atoms with van der Waals surface area (Å²) in [6.45, 7) is 2.33. The molecule has 2 aliphatic carbocycles. The van der Waals surface area contributed by atoms with Crippen LogP contribution < -0.4 is 10.6 Å². The van der Waals surface area contributed by atoms with Crippen molar-refractivity contribution in [1.29, 1.82) is 0 Å². The number of rotatable bonds is 8. The van der Waals surface area contributed by atoms with Crippen LogP contribution in [0.1, 0.15) is 51.0 Å².